The average molecular weight is 356 g/mol. The summed E-state index contributed by atoms with van der Waals surface area (Å²) in [5.41, 5.74) is 8.00. The van der Waals surface area contributed by atoms with Crippen LogP contribution < -0.4 is 10.6 Å². The van der Waals surface area contributed by atoms with Gasteiger partial charge in [-0.3, -0.25) is 0 Å². The molecular weight excluding hydrogens is 335 g/mol. The highest BCUT2D eigenvalue weighted by Crippen LogP contribution is 2.48. The summed E-state index contributed by atoms with van der Waals surface area (Å²) in [4.78, 5) is 2.42. The fourth-order valence-corrected chi connectivity index (χ4v) is 4.83. The summed E-state index contributed by atoms with van der Waals surface area (Å²) in [6.45, 7) is 1.21. The van der Waals surface area contributed by atoms with Gasteiger partial charge in [-0.1, -0.05) is 6.42 Å². The van der Waals surface area contributed by atoms with Gasteiger partial charge in [0.2, 0.25) is 0 Å². The highest BCUT2D eigenvalue weighted by molar-refractivity contribution is 14.1. The zero-order valence-corrected chi connectivity index (χ0v) is 13.1. The Morgan fingerprint density at radius 2 is 2.17 bits per heavy atom. The van der Waals surface area contributed by atoms with Crippen LogP contribution in [0.2, 0.25) is 0 Å². The van der Waals surface area contributed by atoms with Crippen molar-refractivity contribution in [2.75, 3.05) is 24.2 Å². The Morgan fingerprint density at radius 1 is 1.33 bits per heavy atom. The second-order valence-corrected chi connectivity index (χ2v) is 7.19. The van der Waals surface area contributed by atoms with Crippen LogP contribution >= 0.6 is 22.6 Å². The molecule has 1 aromatic rings. The molecule has 2 fully saturated rings. The number of hydrogen-bond donors (Lipinski definition) is 1. The first kappa shape index (κ1) is 12.6. The highest BCUT2D eigenvalue weighted by atomic mass is 127. The van der Waals surface area contributed by atoms with E-state index in [1.165, 1.54) is 41.5 Å². The number of nitrogen functional groups attached to an aromatic ring is 1. The summed E-state index contributed by atoms with van der Waals surface area (Å²) in [5, 5.41) is 0. The highest BCUT2D eigenvalue weighted by Gasteiger charge is 2.39. The molecule has 1 aromatic carbocycles. The van der Waals surface area contributed by atoms with Crippen LogP contribution in [-0.4, -0.2) is 13.6 Å². The van der Waals surface area contributed by atoms with E-state index in [9.17, 15) is 0 Å². The number of benzene rings is 1. The van der Waals surface area contributed by atoms with Crippen molar-refractivity contribution in [3.63, 3.8) is 0 Å². The largest absolute Gasteiger partial charge is 0.399 e. The van der Waals surface area contributed by atoms with E-state index in [0.717, 1.165) is 23.4 Å². The minimum absolute atomic E-state index is 0.858. The van der Waals surface area contributed by atoms with Crippen LogP contribution in [0.15, 0.2) is 18.2 Å². The lowest BCUT2D eigenvalue weighted by Gasteiger charge is -2.29. The molecule has 98 valence electrons. The van der Waals surface area contributed by atoms with Crippen LogP contribution in [0.25, 0.3) is 0 Å². The van der Waals surface area contributed by atoms with E-state index in [0.29, 0.717) is 0 Å². The van der Waals surface area contributed by atoms with E-state index in [4.69, 9.17) is 5.73 Å². The lowest BCUT2D eigenvalue weighted by molar-refractivity contribution is 0.337. The first-order chi connectivity index (χ1) is 8.63. The van der Waals surface area contributed by atoms with E-state index in [-0.39, 0.29) is 0 Å². The molecule has 0 amide bonds. The molecule has 0 aliphatic heterocycles. The van der Waals surface area contributed by atoms with Gasteiger partial charge in [-0.15, -0.1) is 0 Å². The van der Waals surface area contributed by atoms with Gasteiger partial charge in [0.25, 0.3) is 0 Å². The number of rotatable bonds is 3. The Morgan fingerprint density at radius 3 is 2.78 bits per heavy atom. The molecule has 2 N–H and O–H groups in total. The van der Waals surface area contributed by atoms with E-state index in [2.05, 4.69) is 46.7 Å². The Labute approximate surface area is 123 Å². The van der Waals surface area contributed by atoms with Crippen molar-refractivity contribution in [2.45, 2.75) is 25.7 Å². The topological polar surface area (TPSA) is 29.3 Å². The molecule has 2 aliphatic rings. The van der Waals surface area contributed by atoms with Crippen molar-refractivity contribution >= 4 is 34.0 Å². The number of fused-ring (bicyclic) bond motifs is 2. The van der Waals surface area contributed by atoms with Crippen LogP contribution in [0.1, 0.15) is 25.7 Å². The van der Waals surface area contributed by atoms with Gasteiger partial charge in [0, 0.05) is 22.8 Å². The van der Waals surface area contributed by atoms with Gasteiger partial charge in [0.05, 0.1) is 5.69 Å². The molecule has 0 radical (unpaired) electrons. The molecular formula is C15H21IN2. The standard InChI is InChI=1S/C15H21IN2/c1-18(15-5-4-13(17)8-14(15)16)9-12-7-10-2-3-11(12)6-10/h4-5,8,10-12H,2-3,6-7,9,17H2,1H3. The summed E-state index contributed by atoms with van der Waals surface area (Å²) in [6, 6.07) is 6.23. The van der Waals surface area contributed by atoms with Crippen LogP contribution in [0.5, 0.6) is 0 Å². The van der Waals surface area contributed by atoms with Crippen molar-refractivity contribution in [3.05, 3.63) is 21.8 Å². The molecule has 3 atom stereocenters. The molecule has 0 aromatic heterocycles. The van der Waals surface area contributed by atoms with Gasteiger partial charge in [0.15, 0.2) is 0 Å². The quantitative estimate of drug-likeness (QED) is 0.660. The van der Waals surface area contributed by atoms with E-state index in [1.807, 2.05) is 6.07 Å². The molecule has 2 aliphatic carbocycles. The smallest absolute Gasteiger partial charge is 0.0500 e. The fourth-order valence-electron chi connectivity index (χ4n) is 3.88. The van der Waals surface area contributed by atoms with Crippen LogP contribution in [0.3, 0.4) is 0 Å². The molecule has 3 rings (SSSR count). The maximum Gasteiger partial charge on any atom is 0.0500 e. The van der Waals surface area contributed by atoms with Crippen LogP contribution in [0.4, 0.5) is 11.4 Å². The van der Waals surface area contributed by atoms with Crippen molar-refractivity contribution in [1.82, 2.24) is 0 Å². The summed E-state index contributed by atoms with van der Waals surface area (Å²) in [6.07, 6.45) is 5.92. The third-order valence-corrected chi connectivity index (χ3v) is 5.64. The van der Waals surface area contributed by atoms with E-state index >= 15 is 0 Å². The van der Waals surface area contributed by atoms with Crippen molar-refractivity contribution in [1.29, 1.82) is 0 Å². The summed E-state index contributed by atoms with van der Waals surface area (Å²) >= 11 is 2.39. The maximum absolute atomic E-state index is 5.82. The van der Waals surface area contributed by atoms with Gasteiger partial charge < -0.3 is 10.6 Å². The molecule has 3 unspecified atom stereocenters. The third kappa shape index (κ3) is 2.33. The zero-order chi connectivity index (χ0) is 12.7. The normalized spacial score (nSPS) is 29.8. The second-order valence-electron chi connectivity index (χ2n) is 6.03. The molecule has 0 spiro atoms. The van der Waals surface area contributed by atoms with Crippen molar-refractivity contribution in [3.8, 4) is 0 Å². The zero-order valence-electron chi connectivity index (χ0n) is 10.9. The predicted molar refractivity (Wildman–Crippen MR) is 85.8 cm³/mol. The van der Waals surface area contributed by atoms with Crippen LogP contribution in [-0.2, 0) is 0 Å². The van der Waals surface area contributed by atoms with Crippen molar-refractivity contribution < 1.29 is 0 Å². The third-order valence-electron chi connectivity index (χ3n) is 4.78. The summed E-state index contributed by atoms with van der Waals surface area (Å²) in [7, 11) is 2.22. The molecule has 2 saturated carbocycles. The Hall–Kier alpha value is -0.450. The lowest BCUT2D eigenvalue weighted by atomic mass is 9.88. The lowest BCUT2D eigenvalue weighted by Crippen LogP contribution is -2.29. The number of anilines is 2. The number of hydrogen-bond acceptors (Lipinski definition) is 2. The SMILES string of the molecule is CN(CC1CC2CCC1C2)c1ccc(N)cc1I. The van der Waals surface area contributed by atoms with E-state index < -0.39 is 0 Å². The summed E-state index contributed by atoms with van der Waals surface area (Å²) < 4.78 is 1.26. The molecule has 18 heavy (non-hydrogen) atoms. The fraction of sp³-hybridized carbons (Fsp3) is 0.600. The number of nitrogens with zero attached hydrogens (tertiary/aromatic N) is 1. The van der Waals surface area contributed by atoms with Gasteiger partial charge in [-0.05, 0) is 77.8 Å². The average Bonchev–Trinajstić information content (AvgIpc) is 2.90. The molecule has 0 heterocycles. The Balaban J connectivity index is 1.69. The monoisotopic (exact) mass is 356 g/mol. The van der Waals surface area contributed by atoms with Gasteiger partial charge in [0.1, 0.15) is 0 Å². The second kappa shape index (κ2) is 4.91. The van der Waals surface area contributed by atoms with Gasteiger partial charge >= 0.3 is 0 Å². The number of halogens is 1. The molecule has 0 saturated heterocycles. The first-order valence-corrected chi connectivity index (χ1v) is 7.97. The van der Waals surface area contributed by atoms with Gasteiger partial charge in [-0.2, -0.15) is 0 Å². The minimum Gasteiger partial charge on any atom is -0.399 e. The van der Waals surface area contributed by atoms with Gasteiger partial charge in [-0.25, -0.2) is 0 Å². The number of nitrogens with two attached hydrogens (primary N) is 1. The van der Waals surface area contributed by atoms with Crippen molar-refractivity contribution in [2.24, 2.45) is 17.8 Å². The molecule has 2 nitrogen and oxygen atoms in total. The summed E-state index contributed by atoms with van der Waals surface area (Å²) in [5.74, 6) is 2.96. The molecule has 3 heteroatoms. The van der Waals surface area contributed by atoms with Crippen LogP contribution in [0, 0.1) is 21.3 Å². The first-order valence-electron chi connectivity index (χ1n) is 6.89. The predicted octanol–water partition coefficient (Wildman–Crippen LogP) is 3.75. The Kier molecular flexibility index (Phi) is 3.43. The maximum atomic E-state index is 5.82. The Bertz CT molecular complexity index is 446. The minimum atomic E-state index is 0.858. The van der Waals surface area contributed by atoms with E-state index in [1.54, 1.807) is 0 Å². The molecule has 2 bridgehead atoms.